The highest BCUT2D eigenvalue weighted by Crippen LogP contribution is 2.26. The van der Waals surface area contributed by atoms with Crippen molar-refractivity contribution < 1.29 is 4.79 Å². The standard InChI is InChI=1S/C19H21N3O2S2/c1-12(16(23)21-19(2,3)4)26-18-20-14-10-11-25-15(14)17(24)22(18)13-8-6-5-7-9-13/h5-12H,1-4H3,(H,21,23)/t12-/m1/s1. The minimum Gasteiger partial charge on any atom is -0.351 e. The second-order valence-electron chi connectivity index (χ2n) is 7.00. The number of nitrogens with zero attached hydrogens (tertiary/aromatic N) is 2. The third-order valence-corrected chi connectivity index (χ3v) is 5.56. The van der Waals surface area contributed by atoms with Gasteiger partial charge in [0.2, 0.25) is 5.91 Å². The van der Waals surface area contributed by atoms with E-state index in [2.05, 4.69) is 10.3 Å². The first-order chi connectivity index (χ1) is 12.3. The molecule has 3 aromatic rings. The van der Waals surface area contributed by atoms with E-state index in [0.29, 0.717) is 15.4 Å². The fourth-order valence-electron chi connectivity index (χ4n) is 2.46. The highest BCUT2D eigenvalue weighted by molar-refractivity contribution is 8.00. The molecule has 0 saturated heterocycles. The summed E-state index contributed by atoms with van der Waals surface area (Å²) in [5.41, 5.74) is 0.988. The Hall–Kier alpha value is -2.12. The van der Waals surface area contributed by atoms with Crippen LogP contribution in [0.2, 0.25) is 0 Å². The number of hydrogen-bond donors (Lipinski definition) is 1. The second-order valence-corrected chi connectivity index (χ2v) is 9.23. The molecule has 0 spiro atoms. The van der Waals surface area contributed by atoms with Crippen LogP contribution in [-0.4, -0.2) is 26.2 Å². The van der Waals surface area contributed by atoms with Crippen molar-refractivity contribution in [3.05, 3.63) is 52.1 Å². The quantitative estimate of drug-likeness (QED) is 0.546. The summed E-state index contributed by atoms with van der Waals surface area (Å²) < 4.78 is 2.20. The van der Waals surface area contributed by atoms with Crippen LogP contribution < -0.4 is 10.9 Å². The summed E-state index contributed by atoms with van der Waals surface area (Å²) in [6.45, 7) is 7.65. The number of thioether (sulfide) groups is 1. The maximum Gasteiger partial charge on any atom is 0.276 e. The first kappa shape index (κ1) is 18.7. The van der Waals surface area contributed by atoms with Crippen LogP contribution in [0.25, 0.3) is 15.9 Å². The molecule has 1 N–H and O–H groups in total. The van der Waals surface area contributed by atoms with Crippen molar-refractivity contribution in [2.75, 3.05) is 0 Å². The first-order valence-corrected chi connectivity index (χ1v) is 10.1. The van der Waals surface area contributed by atoms with Crippen LogP contribution in [0.15, 0.2) is 51.7 Å². The predicted octanol–water partition coefficient (Wildman–Crippen LogP) is 3.84. The Morgan fingerprint density at radius 1 is 1.23 bits per heavy atom. The second kappa shape index (κ2) is 7.25. The van der Waals surface area contributed by atoms with Gasteiger partial charge in [-0.2, -0.15) is 0 Å². The number of benzene rings is 1. The molecule has 0 aliphatic heterocycles. The lowest BCUT2D eigenvalue weighted by atomic mass is 10.1. The van der Waals surface area contributed by atoms with Gasteiger partial charge in [-0.1, -0.05) is 30.0 Å². The summed E-state index contributed by atoms with van der Waals surface area (Å²) in [6.07, 6.45) is 0. The van der Waals surface area contributed by atoms with Gasteiger partial charge < -0.3 is 5.32 Å². The van der Waals surface area contributed by atoms with Crippen molar-refractivity contribution in [2.24, 2.45) is 0 Å². The minimum absolute atomic E-state index is 0.0817. The molecule has 3 rings (SSSR count). The molecule has 5 nitrogen and oxygen atoms in total. The molecule has 1 aromatic carbocycles. The smallest absolute Gasteiger partial charge is 0.276 e. The molecule has 2 aromatic heterocycles. The van der Waals surface area contributed by atoms with Gasteiger partial charge in [0, 0.05) is 5.54 Å². The largest absolute Gasteiger partial charge is 0.351 e. The van der Waals surface area contributed by atoms with Crippen molar-refractivity contribution in [1.82, 2.24) is 14.9 Å². The van der Waals surface area contributed by atoms with Gasteiger partial charge in [0.05, 0.1) is 16.5 Å². The van der Waals surface area contributed by atoms with E-state index in [1.807, 2.05) is 69.5 Å². The lowest BCUT2D eigenvalue weighted by Crippen LogP contribution is -2.44. The molecule has 0 radical (unpaired) electrons. The van der Waals surface area contributed by atoms with Gasteiger partial charge in [-0.3, -0.25) is 14.2 Å². The number of rotatable bonds is 4. The van der Waals surface area contributed by atoms with Crippen molar-refractivity contribution >= 4 is 39.2 Å². The zero-order valence-corrected chi connectivity index (χ0v) is 16.8. The molecule has 0 aliphatic rings. The highest BCUT2D eigenvalue weighted by Gasteiger charge is 2.23. The summed E-state index contributed by atoms with van der Waals surface area (Å²) in [4.78, 5) is 30.1. The molecule has 1 amide bonds. The van der Waals surface area contributed by atoms with Crippen LogP contribution in [-0.2, 0) is 4.79 Å². The average Bonchev–Trinajstić information content (AvgIpc) is 3.03. The molecule has 26 heavy (non-hydrogen) atoms. The molecule has 0 unspecified atom stereocenters. The minimum atomic E-state index is -0.382. The molecule has 0 saturated carbocycles. The van der Waals surface area contributed by atoms with Crippen molar-refractivity contribution in [1.29, 1.82) is 0 Å². The van der Waals surface area contributed by atoms with Gasteiger partial charge in [-0.15, -0.1) is 11.3 Å². The summed E-state index contributed by atoms with van der Waals surface area (Å²) in [7, 11) is 0. The number of carbonyl (C=O) groups is 1. The van der Waals surface area contributed by atoms with E-state index >= 15 is 0 Å². The number of thiophene rings is 1. The van der Waals surface area contributed by atoms with Gasteiger partial charge in [0.15, 0.2) is 5.16 Å². The summed E-state index contributed by atoms with van der Waals surface area (Å²) in [6, 6.07) is 11.2. The number of amides is 1. The van der Waals surface area contributed by atoms with Crippen LogP contribution in [0.3, 0.4) is 0 Å². The van der Waals surface area contributed by atoms with Crippen LogP contribution in [0, 0.1) is 0 Å². The monoisotopic (exact) mass is 387 g/mol. The Bertz CT molecular complexity index is 987. The number of hydrogen-bond acceptors (Lipinski definition) is 5. The Morgan fingerprint density at radius 2 is 1.92 bits per heavy atom. The zero-order valence-electron chi connectivity index (χ0n) is 15.1. The van der Waals surface area contributed by atoms with Crippen LogP contribution in [0.5, 0.6) is 0 Å². The number of carbonyl (C=O) groups excluding carboxylic acids is 1. The van der Waals surface area contributed by atoms with Crippen molar-refractivity contribution in [3.63, 3.8) is 0 Å². The Labute approximate surface area is 160 Å². The van der Waals surface area contributed by atoms with Crippen molar-refractivity contribution in [3.8, 4) is 5.69 Å². The van der Waals surface area contributed by atoms with Gasteiger partial charge in [-0.05, 0) is 51.3 Å². The highest BCUT2D eigenvalue weighted by atomic mass is 32.2. The molecule has 7 heteroatoms. The molecule has 136 valence electrons. The van der Waals surface area contributed by atoms with Crippen LogP contribution in [0.1, 0.15) is 27.7 Å². The molecular formula is C19H21N3O2S2. The van der Waals surface area contributed by atoms with E-state index in [1.165, 1.54) is 23.1 Å². The Balaban J connectivity index is 2.05. The van der Waals surface area contributed by atoms with Crippen LogP contribution in [0.4, 0.5) is 0 Å². The molecule has 1 atom stereocenters. The van der Waals surface area contributed by atoms with Gasteiger partial charge in [0.1, 0.15) is 4.70 Å². The molecule has 0 fully saturated rings. The van der Waals surface area contributed by atoms with Crippen molar-refractivity contribution in [2.45, 2.75) is 43.6 Å². The maximum atomic E-state index is 13.0. The Kier molecular flexibility index (Phi) is 5.20. The van der Waals surface area contributed by atoms with E-state index in [1.54, 1.807) is 4.57 Å². The normalized spacial score (nSPS) is 12.9. The summed E-state index contributed by atoms with van der Waals surface area (Å²) >= 11 is 2.67. The SMILES string of the molecule is C[C@@H](Sc1nc2ccsc2c(=O)n1-c1ccccc1)C(=O)NC(C)(C)C. The van der Waals surface area contributed by atoms with E-state index in [0.717, 1.165) is 5.69 Å². The third-order valence-electron chi connectivity index (χ3n) is 3.61. The topological polar surface area (TPSA) is 64.0 Å². The van der Waals surface area contributed by atoms with Gasteiger partial charge in [0.25, 0.3) is 5.56 Å². The average molecular weight is 388 g/mol. The predicted molar refractivity (Wildman–Crippen MR) is 108 cm³/mol. The number of nitrogens with one attached hydrogen (secondary N) is 1. The molecular weight excluding hydrogens is 366 g/mol. The van der Waals surface area contributed by atoms with E-state index in [4.69, 9.17) is 0 Å². The number of para-hydroxylation sites is 1. The lowest BCUT2D eigenvalue weighted by Gasteiger charge is -2.23. The van der Waals surface area contributed by atoms with Gasteiger partial charge >= 0.3 is 0 Å². The van der Waals surface area contributed by atoms with E-state index in [-0.39, 0.29) is 22.3 Å². The van der Waals surface area contributed by atoms with Gasteiger partial charge in [-0.25, -0.2) is 4.98 Å². The number of aromatic nitrogens is 2. The molecule has 0 bridgehead atoms. The summed E-state index contributed by atoms with van der Waals surface area (Å²) in [5.74, 6) is -0.0817. The zero-order chi connectivity index (χ0) is 18.9. The lowest BCUT2D eigenvalue weighted by molar-refractivity contribution is -0.121. The molecule has 0 aliphatic carbocycles. The van der Waals surface area contributed by atoms with Crippen LogP contribution >= 0.6 is 23.1 Å². The fraction of sp³-hybridized carbons (Fsp3) is 0.316. The Morgan fingerprint density at radius 3 is 2.58 bits per heavy atom. The first-order valence-electron chi connectivity index (χ1n) is 8.30. The summed E-state index contributed by atoms with van der Waals surface area (Å²) in [5, 5.41) is 4.97. The van der Waals surface area contributed by atoms with E-state index < -0.39 is 0 Å². The third kappa shape index (κ3) is 3.99. The maximum absolute atomic E-state index is 13.0. The number of fused-ring (bicyclic) bond motifs is 1. The fourth-order valence-corrected chi connectivity index (χ4v) is 4.15. The van der Waals surface area contributed by atoms with E-state index in [9.17, 15) is 9.59 Å². The molecule has 2 heterocycles.